The van der Waals surface area contributed by atoms with Crippen LogP contribution < -0.4 is 15.4 Å². The molecule has 2 N–H and O–H groups in total. The lowest BCUT2D eigenvalue weighted by molar-refractivity contribution is 0.414. The highest BCUT2D eigenvalue weighted by Crippen LogP contribution is 2.26. The van der Waals surface area contributed by atoms with Crippen molar-refractivity contribution in [2.24, 2.45) is 5.73 Å². The average Bonchev–Trinajstić information content (AvgIpc) is 2.83. The lowest BCUT2D eigenvalue weighted by Crippen LogP contribution is -2.19. The predicted octanol–water partition coefficient (Wildman–Crippen LogP) is 2.69. The molecular weight excluding hydrogens is 240 g/mol. The van der Waals surface area contributed by atoms with Gasteiger partial charge in [0.25, 0.3) is 0 Å². The van der Waals surface area contributed by atoms with E-state index in [1.807, 2.05) is 38.2 Å². The summed E-state index contributed by atoms with van der Waals surface area (Å²) in [5.41, 5.74) is 9.16. The van der Waals surface area contributed by atoms with Crippen LogP contribution in [0.25, 0.3) is 0 Å². The summed E-state index contributed by atoms with van der Waals surface area (Å²) < 4.78 is 10.6. The zero-order valence-electron chi connectivity index (χ0n) is 11.6. The van der Waals surface area contributed by atoms with Crippen LogP contribution in [0.3, 0.4) is 0 Å². The Bertz CT molecular complexity index is 549. The third-order valence-corrected chi connectivity index (χ3v) is 3.30. The van der Waals surface area contributed by atoms with E-state index in [0.29, 0.717) is 6.54 Å². The molecule has 19 heavy (non-hydrogen) atoms. The lowest BCUT2D eigenvalue weighted by atomic mass is 10.1. The summed E-state index contributed by atoms with van der Waals surface area (Å²) in [6.45, 7) is 3.26. The summed E-state index contributed by atoms with van der Waals surface area (Å²) in [6, 6.07) is 7.95. The number of rotatable bonds is 5. The van der Waals surface area contributed by atoms with Gasteiger partial charge in [0.1, 0.15) is 11.5 Å². The minimum atomic E-state index is 0.508. The number of nitrogens with zero attached hydrogens (tertiary/aromatic N) is 1. The number of hydrogen-bond donors (Lipinski definition) is 1. The van der Waals surface area contributed by atoms with Crippen molar-refractivity contribution in [2.75, 3.05) is 19.1 Å². The van der Waals surface area contributed by atoms with Crippen molar-refractivity contribution in [1.29, 1.82) is 0 Å². The van der Waals surface area contributed by atoms with Gasteiger partial charge in [-0.15, -0.1) is 0 Å². The van der Waals surface area contributed by atoms with Gasteiger partial charge in [-0.25, -0.2) is 0 Å². The highest BCUT2D eigenvalue weighted by molar-refractivity contribution is 5.57. The van der Waals surface area contributed by atoms with Crippen LogP contribution in [0.2, 0.25) is 0 Å². The average molecular weight is 260 g/mol. The predicted molar refractivity (Wildman–Crippen MR) is 76.4 cm³/mol. The zero-order chi connectivity index (χ0) is 13.8. The van der Waals surface area contributed by atoms with Gasteiger partial charge in [0.2, 0.25) is 0 Å². The maximum absolute atomic E-state index is 5.80. The fraction of sp³-hybridized carbons (Fsp3) is 0.333. The van der Waals surface area contributed by atoms with Crippen molar-refractivity contribution in [1.82, 2.24) is 0 Å². The van der Waals surface area contributed by atoms with E-state index in [-0.39, 0.29) is 0 Å². The maximum atomic E-state index is 5.80. The molecule has 0 saturated heterocycles. The second kappa shape index (κ2) is 5.80. The molecule has 4 nitrogen and oxygen atoms in total. The number of methoxy groups -OCH3 is 1. The van der Waals surface area contributed by atoms with Crippen LogP contribution in [0.15, 0.2) is 34.9 Å². The number of nitrogens with two attached hydrogens (primary N) is 1. The molecule has 1 heterocycles. The maximum Gasteiger partial charge on any atom is 0.120 e. The fourth-order valence-corrected chi connectivity index (χ4v) is 2.11. The number of benzene rings is 1. The van der Waals surface area contributed by atoms with Crippen LogP contribution in [0.5, 0.6) is 5.75 Å². The minimum absolute atomic E-state index is 0.508. The Morgan fingerprint density at radius 2 is 2.05 bits per heavy atom. The van der Waals surface area contributed by atoms with E-state index in [4.69, 9.17) is 14.9 Å². The van der Waals surface area contributed by atoms with Gasteiger partial charge in [0.15, 0.2) is 0 Å². The highest BCUT2D eigenvalue weighted by atomic mass is 16.5. The molecule has 0 spiro atoms. The van der Waals surface area contributed by atoms with E-state index < -0.39 is 0 Å². The highest BCUT2D eigenvalue weighted by Gasteiger charge is 2.11. The van der Waals surface area contributed by atoms with Crippen LogP contribution in [-0.4, -0.2) is 14.2 Å². The van der Waals surface area contributed by atoms with Crippen molar-refractivity contribution in [3.8, 4) is 5.75 Å². The number of furan rings is 1. The molecule has 0 aliphatic carbocycles. The van der Waals surface area contributed by atoms with Crippen molar-refractivity contribution in [3.63, 3.8) is 0 Å². The van der Waals surface area contributed by atoms with Gasteiger partial charge >= 0.3 is 0 Å². The number of aryl methyl sites for hydroxylation is 1. The third-order valence-electron chi connectivity index (χ3n) is 3.30. The van der Waals surface area contributed by atoms with Gasteiger partial charge in [-0.2, -0.15) is 0 Å². The molecule has 4 heteroatoms. The molecule has 0 saturated carbocycles. The summed E-state index contributed by atoms with van der Waals surface area (Å²) in [4.78, 5) is 2.16. The lowest BCUT2D eigenvalue weighted by Gasteiger charge is -2.22. The zero-order valence-corrected chi connectivity index (χ0v) is 11.6. The first kappa shape index (κ1) is 13.5. The van der Waals surface area contributed by atoms with Gasteiger partial charge in [0.05, 0.1) is 13.4 Å². The Morgan fingerprint density at radius 3 is 2.63 bits per heavy atom. The van der Waals surface area contributed by atoms with E-state index in [1.54, 1.807) is 13.4 Å². The molecule has 1 aromatic carbocycles. The molecule has 0 bridgehead atoms. The van der Waals surface area contributed by atoms with Gasteiger partial charge in [-0.1, -0.05) is 6.07 Å². The van der Waals surface area contributed by atoms with E-state index >= 15 is 0 Å². The Morgan fingerprint density at radius 1 is 1.26 bits per heavy atom. The number of ether oxygens (including phenoxy) is 1. The Labute approximate surface area is 113 Å². The van der Waals surface area contributed by atoms with Crippen LogP contribution >= 0.6 is 0 Å². The molecule has 0 amide bonds. The summed E-state index contributed by atoms with van der Waals surface area (Å²) >= 11 is 0. The summed E-state index contributed by atoms with van der Waals surface area (Å²) in [7, 11) is 3.71. The number of hydrogen-bond acceptors (Lipinski definition) is 4. The van der Waals surface area contributed by atoms with Crippen LogP contribution in [0.1, 0.15) is 16.9 Å². The minimum Gasteiger partial charge on any atom is -0.497 e. The Kier molecular flexibility index (Phi) is 4.12. The molecule has 0 aliphatic heterocycles. The first-order chi connectivity index (χ1) is 9.15. The van der Waals surface area contributed by atoms with Crippen LogP contribution in [0, 0.1) is 6.92 Å². The van der Waals surface area contributed by atoms with Crippen molar-refractivity contribution < 1.29 is 9.15 Å². The molecule has 2 rings (SSSR count). The van der Waals surface area contributed by atoms with Crippen LogP contribution in [0.4, 0.5) is 5.69 Å². The van der Waals surface area contributed by atoms with Gasteiger partial charge in [-0.3, -0.25) is 0 Å². The smallest absolute Gasteiger partial charge is 0.120 e. The van der Waals surface area contributed by atoms with Crippen molar-refractivity contribution >= 4 is 5.69 Å². The first-order valence-electron chi connectivity index (χ1n) is 6.26. The summed E-state index contributed by atoms with van der Waals surface area (Å²) in [5, 5.41) is 0. The normalized spacial score (nSPS) is 10.5. The quantitative estimate of drug-likeness (QED) is 0.898. The van der Waals surface area contributed by atoms with E-state index in [9.17, 15) is 0 Å². The molecule has 0 unspecified atom stereocenters. The molecule has 1 aromatic heterocycles. The second-order valence-corrected chi connectivity index (χ2v) is 4.56. The Hall–Kier alpha value is -1.94. The van der Waals surface area contributed by atoms with Gasteiger partial charge in [0, 0.05) is 37.5 Å². The largest absolute Gasteiger partial charge is 0.497 e. The Balaban J connectivity index is 2.26. The van der Waals surface area contributed by atoms with Crippen molar-refractivity contribution in [2.45, 2.75) is 20.0 Å². The molecule has 0 aliphatic rings. The topological polar surface area (TPSA) is 51.6 Å². The van der Waals surface area contributed by atoms with E-state index in [2.05, 4.69) is 4.90 Å². The summed E-state index contributed by atoms with van der Waals surface area (Å²) in [6.07, 6.45) is 1.72. The fourth-order valence-electron chi connectivity index (χ4n) is 2.11. The first-order valence-corrected chi connectivity index (χ1v) is 6.26. The van der Waals surface area contributed by atoms with Gasteiger partial charge in [-0.05, 0) is 24.6 Å². The SMILES string of the molecule is COc1ccc(CN)c(N(C)Cc2ccoc2C)c1. The van der Waals surface area contributed by atoms with E-state index in [1.165, 1.54) is 5.56 Å². The van der Waals surface area contributed by atoms with Crippen LogP contribution in [-0.2, 0) is 13.1 Å². The second-order valence-electron chi connectivity index (χ2n) is 4.56. The molecule has 0 radical (unpaired) electrons. The molecule has 0 fully saturated rings. The standard InChI is InChI=1S/C15H20N2O2/c1-11-13(6-7-19-11)10-17(2)15-8-14(18-3)5-4-12(15)9-16/h4-8H,9-10,16H2,1-3H3. The van der Waals surface area contributed by atoms with Gasteiger partial charge < -0.3 is 19.8 Å². The van der Waals surface area contributed by atoms with Crippen molar-refractivity contribution in [3.05, 3.63) is 47.4 Å². The number of anilines is 1. The monoisotopic (exact) mass is 260 g/mol. The third kappa shape index (κ3) is 2.90. The molecule has 0 atom stereocenters. The molecule has 2 aromatic rings. The summed E-state index contributed by atoms with van der Waals surface area (Å²) in [5.74, 6) is 1.78. The molecule has 102 valence electrons. The van der Waals surface area contributed by atoms with E-state index in [0.717, 1.165) is 29.3 Å². The molecular formula is C15H20N2O2.